The zero-order chi connectivity index (χ0) is 11.8. The van der Waals surface area contributed by atoms with E-state index >= 15 is 0 Å². The highest BCUT2D eigenvalue weighted by Gasteiger charge is 2.17. The van der Waals surface area contributed by atoms with Crippen molar-refractivity contribution in [2.24, 2.45) is 5.92 Å². The maximum Gasteiger partial charge on any atom is 0.0506 e. The van der Waals surface area contributed by atoms with E-state index in [1.807, 2.05) is 7.05 Å². The summed E-state index contributed by atoms with van der Waals surface area (Å²) < 4.78 is 5.48. The third-order valence-corrected chi connectivity index (χ3v) is 3.24. The van der Waals surface area contributed by atoms with E-state index in [9.17, 15) is 0 Å². The van der Waals surface area contributed by atoms with Gasteiger partial charge >= 0.3 is 0 Å². The van der Waals surface area contributed by atoms with Crippen LogP contribution in [0.5, 0.6) is 0 Å². The Hall–Kier alpha value is -0.160. The van der Waals surface area contributed by atoms with E-state index in [0.717, 1.165) is 32.7 Å². The van der Waals surface area contributed by atoms with Crippen LogP contribution in [0.2, 0.25) is 0 Å². The number of hydrogen-bond acceptors (Lipinski definition) is 4. The van der Waals surface area contributed by atoms with Crippen molar-refractivity contribution in [3.05, 3.63) is 0 Å². The average Bonchev–Trinajstić information content (AvgIpc) is 2.29. The summed E-state index contributed by atoms with van der Waals surface area (Å²) in [7, 11) is 4.11. The standard InChI is InChI=1S/C12H26N2O2/c1-13-12(5-6-15)9-14(2)8-11-4-3-7-16-10-11/h11-13,15H,3-10H2,1-2H3. The Balaban J connectivity index is 2.19. The summed E-state index contributed by atoms with van der Waals surface area (Å²) in [6, 6.07) is 0.388. The SMILES string of the molecule is CNC(CCO)CN(C)CC1CCCOC1. The van der Waals surface area contributed by atoms with Crippen LogP contribution in [0.4, 0.5) is 0 Å². The van der Waals surface area contributed by atoms with Crippen LogP contribution >= 0.6 is 0 Å². The van der Waals surface area contributed by atoms with Crippen LogP contribution in [-0.4, -0.2) is 63.1 Å². The molecule has 1 heterocycles. The summed E-state index contributed by atoms with van der Waals surface area (Å²) >= 11 is 0. The molecule has 0 aromatic rings. The fraction of sp³-hybridized carbons (Fsp3) is 1.00. The van der Waals surface area contributed by atoms with Crippen LogP contribution in [0.3, 0.4) is 0 Å². The molecule has 0 aromatic heterocycles. The van der Waals surface area contributed by atoms with Crippen LogP contribution in [0, 0.1) is 5.92 Å². The minimum atomic E-state index is 0.256. The van der Waals surface area contributed by atoms with Gasteiger partial charge in [-0.15, -0.1) is 0 Å². The summed E-state index contributed by atoms with van der Waals surface area (Å²) in [6.45, 7) is 4.20. The Morgan fingerprint density at radius 3 is 2.94 bits per heavy atom. The number of nitrogens with zero attached hydrogens (tertiary/aromatic N) is 1. The lowest BCUT2D eigenvalue weighted by molar-refractivity contribution is 0.0407. The molecule has 0 radical (unpaired) electrons. The third-order valence-electron chi connectivity index (χ3n) is 3.24. The Bertz CT molecular complexity index is 166. The highest BCUT2D eigenvalue weighted by Crippen LogP contribution is 2.14. The van der Waals surface area contributed by atoms with Crippen molar-refractivity contribution in [1.29, 1.82) is 0 Å². The summed E-state index contributed by atoms with van der Waals surface area (Å²) in [6.07, 6.45) is 3.31. The number of aliphatic hydroxyl groups excluding tert-OH is 1. The topological polar surface area (TPSA) is 44.7 Å². The molecule has 1 aliphatic heterocycles. The Morgan fingerprint density at radius 1 is 1.56 bits per heavy atom. The zero-order valence-corrected chi connectivity index (χ0v) is 10.6. The lowest BCUT2D eigenvalue weighted by Crippen LogP contribution is -2.41. The van der Waals surface area contributed by atoms with E-state index < -0.39 is 0 Å². The first-order valence-electron chi connectivity index (χ1n) is 6.30. The summed E-state index contributed by atoms with van der Waals surface area (Å²) in [4.78, 5) is 2.34. The van der Waals surface area contributed by atoms with E-state index in [2.05, 4.69) is 17.3 Å². The summed E-state index contributed by atoms with van der Waals surface area (Å²) in [5, 5.41) is 12.2. The molecule has 1 saturated heterocycles. The van der Waals surface area contributed by atoms with Crippen molar-refractivity contribution in [3.8, 4) is 0 Å². The Labute approximate surface area is 99.0 Å². The molecule has 96 valence electrons. The van der Waals surface area contributed by atoms with Crippen LogP contribution in [0.25, 0.3) is 0 Å². The van der Waals surface area contributed by atoms with Crippen molar-refractivity contribution in [3.63, 3.8) is 0 Å². The molecule has 1 fully saturated rings. The van der Waals surface area contributed by atoms with Gasteiger partial charge in [0, 0.05) is 32.3 Å². The second-order valence-corrected chi connectivity index (χ2v) is 4.80. The van der Waals surface area contributed by atoms with E-state index in [0.29, 0.717) is 12.0 Å². The van der Waals surface area contributed by atoms with Crippen LogP contribution < -0.4 is 5.32 Å². The first-order chi connectivity index (χ1) is 7.76. The Morgan fingerprint density at radius 2 is 2.38 bits per heavy atom. The van der Waals surface area contributed by atoms with E-state index in [-0.39, 0.29) is 6.61 Å². The van der Waals surface area contributed by atoms with Crippen LogP contribution in [0.1, 0.15) is 19.3 Å². The first kappa shape index (κ1) is 13.9. The Kier molecular flexibility index (Phi) is 6.96. The van der Waals surface area contributed by atoms with Gasteiger partial charge in [0.1, 0.15) is 0 Å². The first-order valence-corrected chi connectivity index (χ1v) is 6.30. The lowest BCUT2D eigenvalue weighted by Gasteiger charge is -2.29. The van der Waals surface area contributed by atoms with Crippen LogP contribution in [-0.2, 0) is 4.74 Å². The van der Waals surface area contributed by atoms with Gasteiger partial charge in [-0.05, 0) is 39.3 Å². The molecule has 0 aromatic carbocycles. The van der Waals surface area contributed by atoms with Crippen molar-refractivity contribution in [1.82, 2.24) is 10.2 Å². The summed E-state index contributed by atoms with van der Waals surface area (Å²) in [5.41, 5.74) is 0. The molecule has 16 heavy (non-hydrogen) atoms. The van der Waals surface area contributed by atoms with Gasteiger partial charge in [0.2, 0.25) is 0 Å². The molecule has 0 bridgehead atoms. The fourth-order valence-corrected chi connectivity index (χ4v) is 2.33. The van der Waals surface area contributed by atoms with E-state index in [1.165, 1.54) is 12.8 Å². The van der Waals surface area contributed by atoms with Gasteiger partial charge in [-0.25, -0.2) is 0 Å². The predicted molar refractivity (Wildman–Crippen MR) is 65.6 cm³/mol. The van der Waals surface area contributed by atoms with Crippen LogP contribution in [0.15, 0.2) is 0 Å². The highest BCUT2D eigenvalue weighted by atomic mass is 16.5. The molecule has 0 amide bonds. The second kappa shape index (κ2) is 8.01. The second-order valence-electron chi connectivity index (χ2n) is 4.80. The maximum absolute atomic E-state index is 8.92. The molecule has 0 saturated carbocycles. The highest BCUT2D eigenvalue weighted by molar-refractivity contribution is 4.72. The normalized spacial score (nSPS) is 23.6. The molecule has 1 aliphatic rings. The molecule has 0 spiro atoms. The van der Waals surface area contributed by atoms with Crippen molar-refractivity contribution >= 4 is 0 Å². The zero-order valence-electron chi connectivity index (χ0n) is 10.6. The number of aliphatic hydroxyl groups is 1. The molecule has 2 atom stereocenters. The molecule has 4 heteroatoms. The smallest absolute Gasteiger partial charge is 0.0506 e. The molecule has 2 unspecified atom stereocenters. The molecule has 1 rings (SSSR count). The molecule has 0 aliphatic carbocycles. The summed E-state index contributed by atoms with van der Waals surface area (Å²) in [5.74, 6) is 0.686. The third kappa shape index (κ3) is 5.25. The monoisotopic (exact) mass is 230 g/mol. The minimum absolute atomic E-state index is 0.256. The maximum atomic E-state index is 8.92. The number of likely N-dealkylation sites (N-methyl/N-ethyl adjacent to an activating group) is 2. The van der Waals surface area contributed by atoms with Gasteiger partial charge < -0.3 is 20.1 Å². The number of nitrogens with one attached hydrogen (secondary N) is 1. The van der Waals surface area contributed by atoms with Gasteiger partial charge in [0.05, 0.1) is 6.61 Å². The largest absolute Gasteiger partial charge is 0.396 e. The van der Waals surface area contributed by atoms with E-state index in [1.54, 1.807) is 0 Å². The number of rotatable bonds is 7. The fourth-order valence-electron chi connectivity index (χ4n) is 2.33. The number of hydrogen-bond donors (Lipinski definition) is 2. The van der Waals surface area contributed by atoms with Crippen molar-refractivity contribution < 1.29 is 9.84 Å². The molecular formula is C12H26N2O2. The van der Waals surface area contributed by atoms with Gasteiger partial charge in [0.25, 0.3) is 0 Å². The van der Waals surface area contributed by atoms with Gasteiger partial charge in [-0.1, -0.05) is 0 Å². The molecular weight excluding hydrogens is 204 g/mol. The average molecular weight is 230 g/mol. The molecule has 4 nitrogen and oxygen atoms in total. The van der Waals surface area contributed by atoms with E-state index in [4.69, 9.17) is 9.84 Å². The number of ether oxygens (including phenoxy) is 1. The van der Waals surface area contributed by atoms with Gasteiger partial charge in [0.15, 0.2) is 0 Å². The quantitative estimate of drug-likeness (QED) is 0.661. The lowest BCUT2D eigenvalue weighted by atomic mass is 10.0. The van der Waals surface area contributed by atoms with Gasteiger partial charge in [-0.2, -0.15) is 0 Å². The predicted octanol–water partition coefficient (Wildman–Crippen LogP) is 0.315. The minimum Gasteiger partial charge on any atom is -0.396 e. The van der Waals surface area contributed by atoms with Gasteiger partial charge in [-0.3, -0.25) is 0 Å². The van der Waals surface area contributed by atoms with Crippen molar-refractivity contribution in [2.45, 2.75) is 25.3 Å². The van der Waals surface area contributed by atoms with Crippen molar-refractivity contribution in [2.75, 3.05) is 47.0 Å². The molecule has 2 N–H and O–H groups in total.